The first-order valence-electron chi connectivity index (χ1n) is 12.9. The number of amides is 2. The van der Waals surface area contributed by atoms with Gasteiger partial charge in [-0.05, 0) is 44.2 Å². The third-order valence-corrected chi connectivity index (χ3v) is 6.91. The van der Waals surface area contributed by atoms with Crippen LogP contribution in [0, 0.1) is 6.92 Å². The van der Waals surface area contributed by atoms with Gasteiger partial charge in [0.15, 0.2) is 11.5 Å². The van der Waals surface area contributed by atoms with Gasteiger partial charge < -0.3 is 30.2 Å². The van der Waals surface area contributed by atoms with Gasteiger partial charge in [-0.1, -0.05) is 42.0 Å². The summed E-state index contributed by atoms with van der Waals surface area (Å²) in [6.45, 7) is 3.77. The Morgan fingerprint density at radius 3 is 2.24 bits per heavy atom. The zero-order valence-electron chi connectivity index (χ0n) is 23.4. The molecule has 10 heteroatoms. The van der Waals surface area contributed by atoms with Crippen molar-refractivity contribution >= 4 is 29.0 Å². The number of ether oxygens (including phenoxy) is 3. The number of rotatable bonds is 8. The van der Waals surface area contributed by atoms with E-state index in [1.165, 1.54) is 13.3 Å². The van der Waals surface area contributed by atoms with E-state index in [0.717, 1.165) is 5.56 Å². The van der Waals surface area contributed by atoms with Gasteiger partial charge in [0, 0.05) is 16.9 Å². The summed E-state index contributed by atoms with van der Waals surface area (Å²) in [6.07, 6.45) is 1.49. The molecule has 4 aromatic rings. The first-order chi connectivity index (χ1) is 19.9. The molecule has 0 saturated carbocycles. The average Bonchev–Trinajstić information content (AvgIpc) is 3.40. The molecule has 3 aromatic carbocycles. The minimum atomic E-state index is -0.757. The molecule has 0 saturated heterocycles. The molecule has 1 atom stereocenters. The highest BCUT2D eigenvalue weighted by atomic mass is 16.5. The van der Waals surface area contributed by atoms with Crippen molar-refractivity contribution in [2.45, 2.75) is 19.9 Å². The van der Waals surface area contributed by atoms with Crippen LogP contribution >= 0.6 is 0 Å². The third-order valence-electron chi connectivity index (χ3n) is 6.91. The summed E-state index contributed by atoms with van der Waals surface area (Å²) in [5, 5.41) is 13.7. The maximum atomic E-state index is 13.9. The Morgan fingerprint density at radius 2 is 1.54 bits per heavy atom. The number of anilines is 3. The SMILES string of the molecule is COc1ccccc1NC(=O)C1=C(C)Nc2c(C(=O)Nc3ccc(C)cc3)cnn2[C@H]1c1cccc(OC)c1OC. The number of para-hydroxylation sites is 3. The summed E-state index contributed by atoms with van der Waals surface area (Å²) in [7, 11) is 4.63. The molecule has 0 radical (unpaired) electrons. The maximum absolute atomic E-state index is 13.9. The number of hydrogen-bond donors (Lipinski definition) is 3. The second-order valence-electron chi connectivity index (χ2n) is 9.47. The van der Waals surface area contributed by atoms with Gasteiger partial charge in [0.25, 0.3) is 11.8 Å². The average molecular weight is 554 g/mol. The number of fused-ring (bicyclic) bond motifs is 1. The summed E-state index contributed by atoms with van der Waals surface area (Å²) >= 11 is 0. The first kappa shape index (κ1) is 27.3. The molecular weight excluding hydrogens is 522 g/mol. The molecule has 0 unspecified atom stereocenters. The number of aromatic nitrogens is 2. The number of aryl methyl sites for hydroxylation is 1. The molecule has 2 amide bonds. The summed E-state index contributed by atoms with van der Waals surface area (Å²) in [6, 6.07) is 19.4. The number of carbonyl (C=O) groups excluding carboxylic acids is 2. The predicted octanol–water partition coefficient (Wildman–Crippen LogP) is 5.40. The lowest BCUT2D eigenvalue weighted by atomic mass is 9.93. The number of allylic oxidation sites excluding steroid dienone is 1. The highest BCUT2D eigenvalue weighted by molar-refractivity contribution is 6.10. The van der Waals surface area contributed by atoms with E-state index in [-0.39, 0.29) is 11.8 Å². The highest BCUT2D eigenvalue weighted by Gasteiger charge is 2.37. The summed E-state index contributed by atoms with van der Waals surface area (Å²) in [4.78, 5) is 27.3. The maximum Gasteiger partial charge on any atom is 0.261 e. The highest BCUT2D eigenvalue weighted by Crippen LogP contribution is 2.44. The molecule has 210 valence electrons. The summed E-state index contributed by atoms with van der Waals surface area (Å²) < 4.78 is 18.4. The fourth-order valence-electron chi connectivity index (χ4n) is 4.90. The van der Waals surface area contributed by atoms with Crippen molar-refractivity contribution in [3.05, 3.63) is 101 Å². The van der Waals surface area contributed by atoms with E-state index in [1.807, 2.05) is 55.5 Å². The first-order valence-corrected chi connectivity index (χ1v) is 12.9. The quantitative estimate of drug-likeness (QED) is 0.268. The lowest BCUT2D eigenvalue weighted by Crippen LogP contribution is -2.32. The molecule has 0 bridgehead atoms. The zero-order valence-corrected chi connectivity index (χ0v) is 23.4. The van der Waals surface area contributed by atoms with E-state index in [9.17, 15) is 9.59 Å². The Hall–Kier alpha value is -5.25. The van der Waals surface area contributed by atoms with Crippen LogP contribution in [0.2, 0.25) is 0 Å². The molecule has 1 aliphatic heterocycles. The second-order valence-corrected chi connectivity index (χ2v) is 9.47. The molecule has 0 spiro atoms. The van der Waals surface area contributed by atoms with Crippen LogP contribution in [0.25, 0.3) is 0 Å². The van der Waals surface area contributed by atoms with Crippen molar-refractivity contribution in [2.24, 2.45) is 0 Å². The van der Waals surface area contributed by atoms with Gasteiger partial charge in [-0.3, -0.25) is 9.59 Å². The molecule has 41 heavy (non-hydrogen) atoms. The van der Waals surface area contributed by atoms with E-state index in [4.69, 9.17) is 14.2 Å². The van der Waals surface area contributed by atoms with Gasteiger partial charge in [0.05, 0.1) is 38.8 Å². The van der Waals surface area contributed by atoms with Crippen molar-refractivity contribution in [1.29, 1.82) is 0 Å². The number of methoxy groups -OCH3 is 3. The molecule has 5 rings (SSSR count). The largest absolute Gasteiger partial charge is 0.495 e. The number of nitrogens with zero attached hydrogens (tertiary/aromatic N) is 2. The van der Waals surface area contributed by atoms with Crippen LogP contribution in [0.15, 0.2) is 84.2 Å². The number of nitrogens with one attached hydrogen (secondary N) is 3. The van der Waals surface area contributed by atoms with Crippen LogP contribution in [0.5, 0.6) is 17.2 Å². The van der Waals surface area contributed by atoms with Gasteiger partial charge >= 0.3 is 0 Å². The van der Waals surface area contributed by atoms with Crippen LogP contribution in [-0.2, 0) is 4.79 Å². The van der Waals surface area contributed by atoms with Gasteiger partial charge in [-0.2, -0.15) is 5.10 Å². The Bertz CT molecular complexity index is 1640. The fraction of sp³-hybridized carbons (Fsp3) is 0.194. The molecule has 10 nitrogen and oxygen atoms in total. The van der Waals surface area contributed by atoms with Crippen LogP contribution in [0.4, 0.5) is 17.2 Å². The molecule has 1 aromatic heterocycles. The summed E-state index contributed by atoms with van der Waals surface area (Å²) in [5.74, 6) is 1.19. The van der Waals surface area contributed by atoms with Crippen molar-refractivity contribution in [2.75, 3.05) is 37.3 Å². The molecule has 2 heterocycles. The van der Waals surface area contributed by atoms with Gasteiger partial charge in [-0.25, -0.2) is 4.68 Å². The number of carbonyl (C=O) groups is 2. The Kier molecular flexibility index (Phi) is 7.64. The van der Waals surface area contributed by atoms with Crippen molar-refractivity contribution in [3.8, 4) is 17.2 Å². The van der Waals surface area contributed by atoms with Gasteiger partial charge in [0.2, 0.25) is 0 Å². The monoisotopic (exact) mass is 553 g/mol. The zero-order chi connectivity index (χ0) is 29.1. The number of hydrogen-bond acceptors (Lipinski definition) is 7. The van der Waals surface area contributed by atoms with E-state index in [0.29, 0.717) is 56.8 Å². The Labute approximate surface area is 237 Å². The van der Waals surface area contributed by atoms with E-state index < -0.39 is 6.04 Å². The van der Waals surface area contributed by atoms with Crippen molar-refractivity contribution in [1.82, 2.24) is 9.78 Å². The smallest absolute Gasteiger partial charge is 0.261 e. The normalized spacial score (nSPS) is 14.0. The predicted molar refractivity (Wildman–Crippen MR) is 157 cm³/mol. The second kappa shape index (κ2) is 11.5. The molecule has 1 aliphatic rings. The summed E-state index contributed by atoms with van der Waals surface area (Å²) in [5.41, 5.74) is 4.14. The minimum absolute atomic E-state index is 0.320. The standard InChI is InChI=1S/C31H31N5O5/c1-18-13-15-20(16-14-18)34-30(37)22-17-32-36-27(21-9-8-12-25(40-4)28(21)41-5)26(19(2)33-29(22)36)31(38)35-23-10-6-7-11-24(23)39-3/h6-17,27,33H,1-5H3,(H,34,37)(H,35,38)/t27-/m0/s1. The van der Waals surface area contributed by atoms with Crippen LogP contribution in [0.1, 0.15) is 34.5 Å². The van der Waals surface area contributed by atoms with Crippen LogP contribution < -0.4 is 30.2 Å². The van der Waals surface area contributed by atoms with Crippen molar-refractivity contribution in [3.63, 3.8) is 0 Å². The van der Waals surface area contributed by atoms with Gasteiger partial charge in [0.1, 0.15) is 23.2 Å². The Balaban J connectivity index is 1.61. The lowest BCUT2D eigenvalue weighted by Gasteiger charge is -2.31. The lowest BCUT2D eigenvalue weighted by molar-refractivity contribution is -0.113. The van der Waals surface area contributed by atoms with Crippen LogP contribution in [0.3, 0.4) is 0 Å². The van der Waals surface area contributed by atoms with E-state index in [1.54, 1.807) is 44.0 Å². The number of benzene rings is 3. The van der Waals surface area contributed by atoms with E-state index in [2.05, 4.69) is 21.0 Å². The molecule has 0 aliphatic carbocycles. The van der Waals surface area contributed by atoms with Gasteiger partial charge in [-0.15, -0.1) is 0 Å². The molecule has 3 N–H and O–H groups in total. The molecule has 0 fully saturated rings. The van der Waals surface area contributed by atoms with Crippen molar-refractivity contribution < 1.29 is 23.8 Å². The van der Waals surface area contributed by atoms with E-state index >= 15 is 0 Å². The topological polar surface area (TPSA) is 116 Å². The third kappa shape index (κ3) is 5.19. The van der Waals surface area contributed by atoms with Crippen LogP contribution in [-0.4, -0.2) is 42.9 Å². The Morgan fingerprint density at radius 1 is 0.829 bits per heavy atom. The molecular formula is C31H31N5O5. The fourth-order valence-corrected chi connectivity index (χ4v) is 4.90. The minimum Gasteiger partial charge on any atom is -0.495 e.